The molecule has 0 amide bonds. The molecule has 0 aromatic heterocycles. The molecule has 0 heterocycles. The zero-order valence-electron chi connectivity index (χ0n) is 20.5. The van der Waals surface area contributed by atoms with Crippen LogP contribution in [0, 0.1) is 17.3 Å². The van der Waals surface area contributed by atoms with Gasteiger partial charge in [-0.05, 0) is 67.1 Å². The molecule has 1 aliphatic carbocycles. The van der Waals surface area contributed by atoms with Gasteiger partial charge in [0.25, 0.3) is 0 Å². The zero-order chi connectivity index (χ0) is 22.6. The lowest BCUT2D eigenvalue weighted by Gasteiger charge is -2.50. The molecule has 2 nitrogen and oxygen atoms in total. The van der Waals surface area contributed by atoms with Crippen molar-refractivity contribution in [3.05, 3.63) is 60.7 Å². The van der Waals surface area contributed by atoms with E-state index in [9.17, 15) is 0 Å². The summed E-state index contributed by atoms with van der Waals surface area (Å²) in [4.78, 5) is 0. The average molecular weight is 429 g/mol. The molecule has 0 saturated heterocycles. The molecule has 0 bridgehead atoms. The summed E-state index contributed by atoms with van der Waals surface area (Å²) >= 11 is 0. The number of benzene rings is 1. The number of hydrogen-bond donors (Lipinski definition) is 0. The topological polar surface area (TPSA) is 18.5 Å². The van der Waals surface area contributed by atoms with Crippen LogP contribution < -0.4 is 0 Å². The minimum Gasteiger partial charge on any atom is -0.414 e. The van der Waals surface area contributed by atoms with E-state index >= 15 is 0 Å². The summed E-state index contributed by atoms with van der Waals surface area (Å²) in [6.45, 7) is 26.2. The molecule has 1 aromatic rings. The molecule has 30 heavy (non-hydrogen) atoms. The third kappa shape index (κ3) is 6.18. The Hall–Kier alpha value is -1.16. The number of allylic oxidation sites excluding steroid dienone is 2. The predicted molar refractivity (Wildman–Crippen MR) is 132 cm³/mol. The van der Waals surface area contributed by atoms with E-state index in [1.54, 1.807) is 0 Å². The third-order valence-corrected chi connectivity index (χ3v) is 12.1. The average Bonchev–Trinajstić information content (AvgIpc) is 2.66. The van der Waals surface area contributed by atoms with Crippen LogP contribution in [-0.4, -0.2) is 21.0 Å². The third-order valence-electron chi connectivity index (χ3n) is 7.56. The van der Waals surface area contributed by atoms with Crippen molar-refractivity contribution in [1.82, 2.24) is 0 Å². The molecule has 0 spiro atoms. The second kappa shape index (κ2) is 9.97. The van der Waals surface area contributed by atoms with E-state index in [2.05, 4.69) is 91.2 Å². The van der Waals surface area contributed by atoms with Crippen molar-refractivity contribution in [2.75, 3.05) is 6.61 Å². The fraction of sp³-hybridized carbons (Fsp3) is 0.630. The maximum atomic E-state index is 7.00. The van der Waals surface area contributed by atoms with Crippen LogP contribution in [0.4, 0.5) is 0 Å². The summed E-state index contributed by atoms with van der Waals surface area (Å²) < 4.78 is 13.1. The normalized spacial score (nSPS) is 27.6. The van der Waals surface area contributed by atoms with Crippen molar-refractivity contribution in [2.24, 2.45) is 17.3 Å². The second-order valence-corrected chi connectivity index (χ2v) is 15.8. The molecule has 3 heteroatoms. The van der Waals surface area contributed by atoms with Crippen LogP contribution in [-0.2, 0) is 15.8 Å². The van der Waals surface area contributed by atoms with Gasteiger partial charge in [0, 0.05) is 12.7 Å². The molecular weight excluding hydrogens is 384 g/mol. The van der Waals surface area contributed by atoms with Gasteiger partial charge in [-0.15, -0.1) is 6.58 Å². The lowest BCUT2D eigenvalue weighted by molar-refractivity contribution is -0.00829. The maximum Gasteiger partial charge on any atom is 0.192 e. The Kier molecular flexibility index (Phi) is 8.34. The first-order valence-corrected chi connectivity index (χ1v) is 14.4. The van der Waals surface area contributed by atoms with E-state index in [-0.39, 0.29) is 16.6 Å². The molecule has 1 saturated carbocycles. The van der Waals surface area contributed by atoms with Crippen molar-refractivity contribution >= 4 is 8.32 Å². The van der Waals surface area contributed by atoms with Crippen molar-refractivity contribution in [1.29, 1.82) is 0 Å². The summed E-state index contributed by atoms with van der Waals surface area (Å²) in [6, 6.07) is 10.4. The van der Waals surface area contributed by atoms with E-state index in [0.29, 0.717) is 18.4 Å². The first-order valence-electron chi connectivity index (χ1n) is 11.5. The minimum atomic E-state index is -1.86. The van der Waals surface area contributed by atoms with Crippen LogP contribution in [0.1, 0.15) is 59.4 Å². The van der Waals surface area contributed by atoms with Gasteiger partial charge in [0.2, 0.25) is 0 Å². The summed E-state index contributed by atoms with van der Waals surface area (Å²) in [6.07, 6.45) is 5.56. The summed E-state index contributed by atoms with van der Waals surface area (Å²) in [5.41, 5.74) is 2.54. The smallest absolute Gasteiger partial charge is 0.192 e. The van der Waals surface area contributed by atoms with Crippen molar-refractivity contribution in [3.63, 3.8) is 0 Å². The monoisotopic (exact) mass is 428 g/mol. The zero-order valence-corrected chi connectivity index (χ0v) is 21.5. The summed E-state index contributed by atoms with van der Waals surface area (Å²) in [5.74, 6) is 0.943. The SMILES string of the molecule is C=C[C@]1(C)C[C@@H](O[Si](C)(C)C(C)(C)C)[C@@H](CCOCc2ccccc2)C[C@H]1C(=C)C. The fourth-order valence-electron chi connectivity index (χ4n) is 4.45. The van der Waals surface area contributed by atoms with Gasteiger partial charge < -0.3 is 9.16 Å². The first kappa shape index (κ1) is 25.1. The van der Waals surface area contributed by atoms with Crippen LogP contribution in [0.5, 0.6) is 0 Å². The van der Waals surface area contributed by atoms with Gasteiger partial charge in [-0.1, -0.05) is 76.3 Å². The second-order valence-electron chi connectivity index (χ2n) is 11.1. The van der Waals surface area contributed by atoms with Crippen LogP contribution in [0.15, 0.2) is 55.1 Å². The number of hydrogen-bond acceptors (Lipinski definition) is 2. The predicted octanol–water partition coefficient (Wildman–Crippen LogP) is 7.78. The Labute approximate surface area is 186 Å². The maximum absolute atomic E-state index is 7.00. The Morgan fingerprint density at radius 3 is 2.40 bits per heavy atom. The van der Waals surface area contributed by atoms with E-state index in [1.807, 2.05) is 6.07 Å². The number of ether oxygens (including phenoxy) is 1. The molecule has 1 aromatic carbocycles. The summed E-state index contributed by atoms with van der Waals surface area (Å²) in [5, 5.41) is 0.205. The van der Waals surface area contributed by atoms with Gasteiger partial charge in [0.1, 0.15) is 0 Å². The molecule has 0 radical (unpaired) electrons. The van der Waals surface area contributed by atoms with Crippen LogP contribution >= 0.6 is 0 Å². The largest absolute Gasteiger partial charge is 0.414 e. The van der Waals surface area contributed by atoms with Gasteiger partial charge in [-0.3, -0.25) is 0 Å². The van der Waals surface area contributed by atoms with E-state index in [0.717, 1.165) is 25.9 Å². The highest BCUT2D eigenvalue weighted by molar-refractivity contribution is 6.74. The van der Waals surface area contributed by atoms with Crippen LogP contribution in [0.2, 0.25) is 18.1 Å². The van der Waals surface area contributed by atoms with Crippen LogP contribution in [0.3, 0.4) is 0 Å². The molecular formula is C27H44O2Si. The molecule has 168 valence electrons. The molecule has 1 aliphatic rings. The van der Waals surface area contributed by atoms with Crippen LogP contribution in [0.25, 0.3) is 0 Å². The van der Waals surface area contributed by atoms with Gasteiger partial charge >= 0.3 is 0 Å². The van der Waals surface area contributed by atoms with Crippen molar-refractivity contribution in [3.8, 4) is 0 Å². The Bertz CT molecular complexity index is 703. The highest BCUT2D eigenvalue weighted by Gasteiger charge is 2.47. The molecule has 4 atom stereocenters. The lowest BCUT2D eigenvalue weighted by atomic mass is 9.61. The fourth-order valence-corrected chi connectivity index (χ4v) is 5.84. The van der Waals surface area contributed by atoms with Crippen molar-refractivity contribution < 1.29 is 9.16 Å². The Morgan fingerprint density at radius 1 is 1.23 bits per heavy atom. The Balaban J connectivity index is 2.12. The Morgan fingerprint density at radius 2 is 1.87 bits per heavy atom. The molecule has 2 rings (SSSR count). The van der Waals surface area contributed by atoms with E-state index < -0.39 is 8.32 Å². The minimum absolute atomic E-state index is 0.0419. The molecule has 0 aliphatic heterocycles. The highest BCUT2D eigenvalue weighted by Crippen LogP contribution is 2.51. The van der Waals surface area contributed by atoms with Gasteiger partial charge in [-0.25, -0.2) is 0 Å². The summed E-state index contributed by atoms with van der Waals surface area (Å²) in [7, 11) is -1.86. The molecule has 0 unspecified atom stereocenters. The van der Waals surface area contributed by atoms with Gasteiger partial charge in [-0.2, -0.15) is 0 Å². The van der Waals surface area contributed by atoms with Gasteiger partial charge in [0.15, 0.2) is 8.32 Å². The lowest BCUT2D eigenvalue weighted by Crippen LogP contribution is -2.50. The molecule has 0 N–H and O–H groups in total. The molecule has 1 fully saturated rings. The van der Waals surface area contributed by atoms with Crippen molar-refractivity contribution in [2.45, 2.75) is 84.7 Å². The quantitative estimate of drug-likeness (QED) is 0.227. The van der Waals surface area contributed by atoms with E-state index in [1.165, 1.54) is 11.1 Å². The van der Waals surface area contributed by atoms with E-state index in [4.69, 9.17) is 9.16 Å². The number of rotatable bonds is 9. The standard InChI is InChI=1S/C27H44O2Si/c1-10-27(7)19-25(29-30(8,9)26(4,5)6)23(18-24(27)21(2)3)16-17-28-20-22-14-12-11-13-15-22/h10-15,23-25H,1-2,16-20H2,3-9H3/t23-,24-,25+,27+/m0/s1. The van der Waals surface area contributed by atoms with Gasteiger partial charge in [0.05, 0.1) is 6.61 Å². The highest BCUT2D eigenvalue weighted by atomic mass is 28.4. The first-order chi connectivity index (χ1) is 13.9.